The van der Waals surface area contributed by atoms with Crippen LogP contribution in [0.25, 0.3) is 0 Å². The molecule has 2 aromatic rings. The Labute approximate surface area is 185 Å². The topological polar surface area (TPSA) is 64.0 Å². The average Bonchev–Trinajstić information content (AvgIpc) is 3.19. The zero-order valence-electron chi connectivity index (χ0n) is 19.1. The Morgan fingerprint density at radius 3 is 2.16 bits per heavy atom. The minimum atomic E-state index is -0.286. The summed E-state index contributed by atoms with van der Waals surface area (Å²) in [4.78, 5) is 30.0. The molecule has 0 unspecified atom stereocenters. The van der Waals surface area contributed by atoms with Crippen LogP contribution in [0.3, 0.4) is 0 Å². The Morgan fingerprint density at radius 2 is 1.61 bits per heavy atom. The Morgan fingerprint density at radius 1 is 0.968 bits per heavy atom. The van der Waals surface area contributed by atoms with Gasteiger partial charge in [0.25, 0.3) is 0 Å². The standard InChI is InChI=1S/C24H35N3O4/c1-5-22(20-10-7-6-8-11-20)24(29)27(15-17-31-4)19-23(28)26(14-16-30-3)18-21-12-9-13-25(21)2/h6-13,22H,5,14-19H2,1-4H3/t22-/m1/s1. The largest absolute Gasteiger partial charge is 0.383 e. The van der Waals surface area contributed by atoms with E-state index in [1.165, 1.54) is 0 Å². The summed E-state index contributed by atoms with van der Waals surface area (Å²) in [6, 6.07) is 13.7. The van der Waals surface area contributed by atoms with E-state index in [2.05, 4.69) is 0 Å². The van der Waals surface area contributed by atoms with Gasteiger partial charge in [0.05, 0.1) is 32.2 Å². The lowest BCUT2D eigenvalue weighted by Gasteiger charge is -2.30. The number of methoxy groups -OCH3 is 2. The van der Waals surface area contributed by atoms with Crippen molar-refractivity contribution in [1.29, 1.82) is 0 Å². The molecule has 0 radical (unpaired) electrons. The molecule has 0 fully saturated rings. The van der Waals surface area contributed by atoms with E-state index in [-0.39, 0.29) is 24.3 Å². The zero-order valence-corrected chi connectivity index (χ0v) is 19.1. The van der Waals surface area contributed by atoms with Gasteiger partial charge in [-0.3, -0.25) is 9.59 Å². The number of hydrogen-bond acceptors (Lipinski definition) is 4. The summed E-state index contributed by atoms with van der Waals surface area (Å²) in [5.74, 6) is -0.443. The number of aromatic nitrogens is 1. The van der Waals surface area contributed by atoms with Crippen LogP contribution in [0.5, 0.6) is 0 Å². The first-order valence-corrected chi connectivity index (χ1v) is 10.7. The lowest BCUT2D eigenvalue weighted by Crippen LogP contribution is -2.46. The van der Waals surface area contributed by atoms with Crippen LogP contribution >= 0.6 is 0 Å². The highest BCUT2D eigenvalue weighted by Gasteiger charge is 2.27. The van der Waals surface area contributed by atoms with Crippen molar-refractivity contribution in [2.75, 3.05) is 47.1 Å². The highest BCUT2D eigenvalue weighted by Crippen LogP contribution is 2.22. The monoisotopic (exact) mass is 429 g/mol. The fraction of sp³-hybridized carbons (Fsp3) is 0.500. The Bertz CT molecular complexity index is 806. The van der Waals surface area contributed by atoms with E-state index in [9.17, 15) is 9.59 Å². The van der Waals surface area contributed by atoms with Gasteiger partial charge in [0.15, 0.2) is 0 Å². The Hall–Kier alpha value is -2.64. The number of aryl methyl sites for hydroxylation is 1. The summed E-state index contributed by atoms with van der Waals surface area (Å²) >= 11 is 0. The second kappa shape index (κ2) is 12.9. The first kappa shape index (κ1) is 24.6. The number of benzene rings is 1. The first-order chi connectivity index (χ1) is 15.0. The van der Waals surface area contributed by atoms with Gasteiger partial charge in [-0.05, 0) is 24.1 Å². The summed E-state index contributed by atoms with van der Waals surface area (Å²) in [7, 11) is 5.17. The van der Waals surface area contributed by atoms with Gasteiger partial charge in [-0.2, -0.15) is 0 Å². The number of rotatable bonds is 13. The molecule has 0 aliphatic carbocycles. The highest BCUT2D eigenvalue weighted by atomic mass is 16.5. The smallest absolute Gasteiger partial charge is 0.242 e. The molecule has 170 valence electrons. The SMILES string of the molecule is CC[C@@H](C(=O)N(CCOC)CC(=O)N(CCOC)Cc1cccn1C)c1ccccc1. The molecule has 0 saturated heterocycles. The molecule has 31 heavy (non-hydrogen) atoms. The van der Waals surface area contributed by atoms with E-state index in [0.717, 1.165) is 11.3 Å². The van der Waals surface area contributed by atoms with Gasteiger partial charge in [-0.1, -0.05) is 37.3 Å². The molecule has 1 heterocycles. The van der Waals surface area contributed by atoms with Crippen LogP contribution in [-0.4, -0.2) is 73.2 Å². The summed E-state index contributed by atoms with van der Waals surface area (Å²) in [6.07, 6.45) is 2.62. The molecule has 0 aliphatic heterocycles. The normalized spacial score (nSPS) is 11.9. The van der Waals surface area contributed by atoms with Crippen molar-refractivity contribution >= 4 is 11.8 Å². The lowest BCUT2D eigenvalue weighted by atomic mass is 9.95. The van der Waals surface area contributed by atoms with Gasteiger partial charge in [0, 0.05) is 46.2 Å². The molecule has 0 bridgehead atoms. The molecule has 2 rings (SSSR count). The molecule has 1 aromatic carbocycles. The lowest BCUT2D eigenvalue weighted by molar-refractivity contribution is -0.142. The number of carbonyl (C=O) groups excluding carboxylic acids is 2. The maximum absolute atomic E-state index is 13.4. The fourth-order valence-electron chi connectivity index (χ4n) is 3.54. The van der Waals surface area contributed by atoms with Crippen LogP contribution in [-0.2, 0) is 32.7 Å². The summed E-state index contributed by atoms with van der Waals surface area (Å²) in [6.45, 7) is 4.11. The van der Waals surface area contributed by atoms with Crippen molar-refractivity contribution in [2.24, 2.45) is 7.05 Å². The van der Waals surface area contributed by atoms with Crippen LogP contribution in [0.4, 0.5) is 0 Å². The quantitative estimate of drug-likeness (QED) is 0.491. The molecule has 2 amide bonds. The first-order valence-electron chi connectivity index (χ1n) is 10.7. The second-order valence-corrected chi connectivity index (χ2v) is 7.54. The van der Waals surface area contributed by atoms with E-state index < -0.39 is 0 Å². The Balaban J connectivity index is 2.18. The van der Waals surface area contributed by atoms with Gasteiger partial charge in [-0.15, -0.1) is 0 Å². The molecular weight excluding hydrogens is 394 g/mol. The van der Waals surface area contributed by atoms with Crippen LogP contribution in [0.1, 0.15) is 30.5 Å². The summed E-state index contributed by atoms with van der Waals surface area (Å²) in [5, 5.41) is 0. The van der Waals surface area contributed by atoms with Crippen LogP contribution < -0.4 is 0 Å². The van der Waals surface area contributed by atoms with E-state index in [4.69, 9.17) is 9.47 Å². The number of carbonyl (C=O) groups is 2. The third-order valence-corrected chi connectivity index (χ3v) is 5.43. The maximum atomic E-state index is 13.4. The number of nitrogens with zero attached hydrogens (tertiary/aromatic N) is 3. The number of hydrogen-bond donors (Lipinski definition) is 0. The van der Waals surface area contributed by atoms with Gasteiger partial charge in [0.2, 0.25) is 11.8 Å². The van der Waals surface area contributed by atoms with Crippen molar-refractivity contribution < 1.29 is 19.1 Å². The third kappa shape index (κ3) is 7.22. The minimum Gasteiger partial charge on any atom is -0.383 e. The van der Waals surface area contributed by atoms with E-state index in [0.29, 0.717) is 39.3 Å². The molecule has 1 aromatic heterocycles. The van der Waals surface area contributed by atoms with E-state index >= 15 is 0 Å². The minimum absolute atomic E-state index is 0.0136. The molecule has 0 saturated carbocycles. The van der Waals surface area contributed by atoms with Crippen LogP contribution in [0, 0.1) is 0 Å². The molecule has 1 atom stereocenters. The molecule has 7 nitrogen and oxygen atoms in total. The average molecular weight is 430 g/mol. The summed E-state index contributed by atoms with van der Waals surface area (Å²) in [5.41, 5.74) is 1.99. The molecule has 0 spiro atoms. The molecular formula is C24H35N3O4. The van der Waals surface area contributed by atoms with Crippen molar-refractivity contribution in [1.82, 2.24) is 14.4 Å². The molecule has 7 heteroatoms. The molecule has 0 aliphatic rings. The third-order valence-electron chi connectivity index (χ3n) is 5.43. The van der Waals surface area contributed by atoms with E-state index in [1.54, 1.807) is 24.0 Å². The highest BCUT2D eigenvalue weighted by molar-refractivity contribution is 5.88. The van der Waals surface area contributed by atoms with Gasteiger partial charge >= 0.3 is 0 Å². The maximum Gasteiger partial charge on any atom is 0.242 e. The summed E-state index contributed by atoms with van der Waals surface area (Å²) < 4.78 is 12.4. The molecule has 0 N–H and O–H groups in total. The van der Waals surface area contributed by atoms with Crippen molar-refractivity contribution in [3.63, 3.8) is 0 Å². The van der Waals surface area contributed by atoms with Gasteiger partial charge in [0.1, 0.15) is 0 Å². The van der Waals surface area contributed by atoms with Crippen molar-refractivity contribution in [3.05, 3.63) is 59.9 Å². The number of ether oxygens (including phenoxy) is 2. The number of amides is 2. The van der Waals surface area contributed by atoms with Crippen molar-refractivity contribution in [2.45, 2.75) is 25.8 Å². The fourth-order valence-corrected chi connectivity index (χ4v) is 3.54. The van der Waals surface area contributed by atoms with Gasteiger partial charge in [-0.25, -0.2) is 0 Å². The predicted molar refractivity (Wildman–Crippen MR) is 121 cm³/mol. The second-order valence-electron chi connectivity index (χ2n) is 7.54. The van der Waals surface area contributed by atoms with Gasteiger partial charge < -0.3 is 23.8 Å². The van der Waals surface area contributed by atoms with Crippen molar-refractivity contribution in [3.8, 4) is 0 Å². The van der Waals surface area contributed by atoms with Crippen LogP contribution in [0.2, 0.25) is 0 Å². The zero-order chi connectivity index (χ0) is 22.6. The Kier molecular flexibility index (Phi) is 10.3. The van der Waals surface area contributed by atoms with Crippen LogP contribution in [0.15, 0.2) is 48.7 Å². The predicted octanol–water partition coefficient (Wildman–Crippen LogP) is 2.67. The van der Waals surface area contributed by atoms with E-state index in [1.807, 2.05) is 67.2 Å².